The fourth-order valence-electron chi connectivity index (χ4n) is 2.07. The van der Waals surface area contributed by atoms with Gasteiger partial charge in [-0.1, -0.05) is 6.07 Å². The summed E-state index contributed by atoms with van der Waals surface area (Å²) in [7, 11) is 1.54. The summed E-state index contributed by atoms with van der Waals surface area (Å²) in [6.07, 6.45) is 2.75. The Bertz CT molecular complexity index is 422. The third-order valence-electron chi connectivity index (χ3n) is 2.96. The standard InChI is InChI=1S/C14H18O4/c1-10(15)14-11(16-2)6-5-7-12(14)18-13-8-3-4-9-17-13/h5-7,13H,3-4,8-9H2,1-2H3. The molecule has 0 saturated carbocycles. The molecule has 1 atom stereocenters. The van der Waals surface area contributed by atoms with Crippen LogP contribution in [-0.4, -0.2) is 25.8 Å². The molecule has 0 aromatic heterocycles. The molecule has 1 fully saturated rings. The van der Waals surface area contributed by atoms with E-state index in [0.29, 0.717) is 23.7 Å². The predicted molar refractivity (Wildman–Crippen MR) is 67.2 cm³/mol. The molecule has 0 bridgehead atoms. The van der Waals surface area contributed by atoms with E-state index in [-0.39, 0.29) is 12.1 Å². The third-order valence-corrected chi connectivity index (χ3v) is 2.96. The Balaban J connectivity index is 2.23. The molecule has 1 heterocycles. The molecule has 18 heavy (non-hydrogen) atoms. The second kappa shape index (κ2) is 5.87. The van der Waals surface area contributed by atoms with Crippen molar-refractivity contribution in [3.8, 4) is 11.5 Å². The fourth-order valence-corrected chi connectivity index (χ4v) is 2.07. The zero-order valence-electron chi connectivity index (χ0n) is 10.8. The van der Waals surface area contributed by atoms with Gasteiger partial charge >= 0.3 is 0 Å². The first kappa shape index (κ1) is 12.9. The topological polar surface area (TPSA) is 44.8 Å². The molecule has 0 amide bonds. The van der Waals surface area contributed by atoms with Gasteiger partial charge in [0.15, 0.2) is 12.1 Å². The number of rotatable bonds is 4. The van der Waals surface area contributed by atoms with Crippen LogP contribution in [0.4, 0.5) is 0 Å². The molecule has 1 saturated heterocycles. The summed E-state index contributed by atoms with van der Waals surface area (Å²) >= 11 is 0. The van der Waals surface area contributed by atoms with Crippen LogP contribution in [0.3, 0.4) is 0 Å². The number of hydrogen-bond acceptors (Lipinski definition) is 4. The molecule has 1 aromatic carbocycles. The second-order valence-electron chi connectivity index (χ2n) is 4.30. The Kier molecular flexibility index (Phi) is 4.20. The molecule has 1 aromatic rings. The second-order valence-corrected chi connectivity index (χ2v) is 4.30. The highest BCUT2D eigenvalue weighted by molar-refractivity contribution is 5.99. The molecular formula is C14H18O4. The van der Waals surface area contributed by atoms with Crippen molar-refractivity contribution >= 4 is 5.78 Å². The summed E-state index contributed by atoms with van der Waals surface area (Å²) in [6, 6.07) is 5.34. The van der Waals surface area contributed by atoms with Crippen LogP contribution in [0.5, 0.6) is 11.5 Å². The molecule has 1 aliphatic rings. The highest BCUT2D eigenvalue weighted by Crippen LogP contribution is 2.30. The van der Waals surface area contributed by atoms with Crippen molar-refractivity contribution in [2.24, 2.45) is 0 Å². The summed E-state index contributed by atoms with van der Waals surface area (Å²) in [5, 5.41) is 0. The van der Waals surface area contributed by atoms with Crippen LogP contribution in [-0.2, 0) is 4.74 Å². The molecule has 0 spiro atoms. The maximum absolute atomic E-state index is 11.7. The van der Waals surface area contributed by atoms with Crippen LogP contribution in [0.25, 0.3) is 0 Å². The van der Waals surface area contributed by atoms with Crippen molar-refractivity contribution in [2.75, 3.05) is 13.7 Å². The van der Waals surface area contributed by atoms with Crippen LogP contribution >= 0.6 is 0 Å². The van der Waals surface area contributed by atoms with Crippen molar-refractivity contribution in [1.29, 1.82) is 0 Å². The molecular weight excluding hydrogens is 232 g/mol. The summed E-state index contributed by atoms with van der Waals surface area (Å²) in [5.74, 6) is 1.00. The number of ether oxygens (including phenoxy) is 3. The number of hydrogen-bond donors (Lipinski definition) is 0. The third kappa shape index (κ3) is 2.82. The highest BCUT2D eigenvalue weighted by Gasteiger charge is 2.20. The van der Waals surface area contributed by atoms with Crippen molar-refractivity contribution < 1.29 is 19.0 Å². The normalized spacial score (nSPS) is 19.3. The number of carbonyl (C=O) groups excluding carboxylic acids is 1. The van der Waals surface area contributed by atoms with E-state index >= 15 is 0 Å². The number of benzene rings is 1. The highest BCUT2D eigenvalue weighted by atomic mass is 16.7. The Hall–Kier alpha value is -1.55. The van der Waals surface area contributed by atoms with Gasteiger partial charge in [0.1, 0.15) is 17.1 Å². The van der Waals surface area contributed by atoms with Gasteiger partial charge in [-0.25, -0.2) is 0 Å². The van der Waals surface area contributed by atoms with Gasteiger partial charge in [0.2, 0.25) is 0 Å². The van der Waals surface area contributed by atoms with E-state index in [2.05, 4.69) is 0 Å². The first-order valence-corrected chi connectivity index (χ1v) is 6.18. The first-order valence-electron chi connectivity index (χ1n) is 6.18. The van der Waals surface area contributed by atoms with Gasteiger partial charge in [-0.05, 0) is 31.9 Å². The Labute approximate surface area is 107 Å². The predicted octanol–water partition coefficient (Wildman–Crippen LogP) is 2.80. The summed E-state index contributed by atoms with van der Waals surface area (Å²) < 4.78 is 16.5. The molecule has 98 valence electrons. The lowest BCUT2D eigenvalue weighted by Gasteiger charge is -2.24. The minimum absolute atomic E-state index is 0.0711. The van der Waals surface area contributed by atoms with Gasteiger partial charge in [-0.3, -0.25) is 4.79 Å². The van der Waals surface area contributed by atoms with E-state index in [1.54, 1.807) is 19.2 Å². The van der Waals surface area contributed by atoms with Gasteiger partial charge < -0.3 is 14.2 Å². The maximum Gasteiger partial charge on any atom is 0.199 e. The van der Waals surface area contributed by atoms with E-state index in [0.717, 1.165) is 19.3 Å². The van der Waals surface area contributed by atoms with E-state index in [1.807, 2.05) is 6.07 Å². The molecule has 4 heteroatoms. The van der Waals surface area contributed by atoms with Gasteiger partial charge in [-0.2, -0.15) is 0 Å². The number of methoxy groups -OCH3 is 1. The molecule has 0 radical (unpaired) electrons. The average molecular weight is 250 g/mol. The Morgan fingerprint density at radius 2 is 2.11 bits per heavy atom. The summed E-state index contributed by atoms with van der Waals surface area (Å²) in [5.41, 5.74) is 0.481. The largest absolute Gasteiger partial charge is 0.496 e. The van der Waals surface area contributed by atoms with Crippen molar-refractivity contribution in [3.05, 3.63) is 23.8 Å². The molecule has 0 N–H and O–H groups in total. The molecule has 1 unspecified atom stereocenters. The monoisotopic (exact) mass is 250 g/mol. The zero-order chi connectivity index (χ0) is 13.0. The van der Waals surface area contributed by atoms with Crippen molar-refractivity contribution in [2.45, 2.75) is 32.5 Å². The van der Waals surface area contributed by atoms with Gasteiger partial charge in [-0.15, -0.1) is 0 Å². The lowest BCUT2D eigenvalue weighted by atomic mass is 10.1. The quantitative estimate of drug-likeness (QED) is 0.771. The number of Topliss-reactive ketones (excluding diaryl/α,β-unsaturated/α-hetero) is 1. The van der Waals surface area contributed by atoms with Crippen molar-refractivity contribution in [1.82, 2.24) is 0 Å². The smallest absolute Gasteiger partial charge is 0.199 e. The van der Waals surface area contributed by atoms with E-state index in [4.69, 9.17) is 14.2 Å². The van der Waals surface area contributed by atoms with Crippen LogP contribution in [0, 0.1) is 0 Å². The SMILES string of the molecule is COc1cccc(OC2CCCCO2)c1C(C)=O. The van der Waals surface area contributed by atoms with Crippen LogP contribution in [0.2, 0.25) is 0 Å². The minimum Gasteiger partial charge on any atom is -0.496 e. The number of ketones is 1. The van der Waals surface area contributed by atoms with Gasteiger partial charge in [0.25, 0.3) is 0 Å². The van der Waals surface area contributed by atoms with E-state index < -0.39 is 0 Å². The molecule has 2 rings (SSSR count). The first-order chi connectivity index (χ1) is 8.72. The number of carbonyl (C=O) groups is 1. The lowest BCUT2D eigenvalue weighted by Crippen LogP contribution is -2.25. The molecule has 0 aliphatic carbocycles. The fraction of sp³-hybridized carbons (Fsp3) is 0.500. The minimum atomic E-state index is -0.260. The van der Waals surface area contributed by atoms with E-state index in [1.165, 1.54) is 6.92 Å². The van der Waals surface area contributed by atoms with E-state index in [9.17, 15) is 4.79 Å². The summed E-state index contributed by atoms with van der Waals surface area (Å²) in [4.78, 5) is 11.7. The summed E-state index contributed by atoms with van der Waals surface area (Å²) in [6.45, 7) is 2.22. The van der Waals surface area contributed by atoms with Crippen LogP contribution < -0.4 is 9.47 Å². The molecule has 1 aliphatic heterocycles. The Morgan fingerprint density at radius 3 is 2.72 bits per heavy atom. The zero-order valence-corrected chi connectivity index (χ0v) is 10.8. The van der Waals surface area contributed by atoms with Gasteiger partial charge in [0.05, 0.1) is 13.7 Å². The van der Waals surface area contributed by atoms with Crippen LogP contribution in [0.15, 0.2) is 18.2 Å². The Morgan fingerprint density at radius 1 is 1.33 bits per heavy atom. The lowest BCUT2D eigenvalue weighted by molar-refractivity contribution is -0.106. The van der Waals surface area contributed by atoms with Crippen molar-refractivity contribution in [3.63, 3.8) is 0 Å². The van der Waals surface area contributed by atoms with Crippen LogP contribution in [0.1, 0.15) is 36.5 Å². The average Bonchev–Trinajstić information content (AvgIpc) is 2.39. The van der Waals surface area contributed by atoms with Gasteiger partial charge in [0, 0.05) is 6.42 Å². The maximum atomic E-state index is 11.7. The molecule has 4 nitrogen and oxygen atoms in total.